The lowest BCUT2D eigenvalue weighted by Gasteiger charge is -2.16. The van der Waals surface area contributed by atoms with Gasteiger partial charge in [0.15, 0.2) is 9.84 Å². The van der Waals surface area contributed by atoms with Crippen molar-refractivity contribution in [3.05, 3.63) is 23.7 Å². The summed E-state index contributed by atoms with van der Waals surface area (Å²) in [5.41, 5.74) is 0. The number of urea groups is 1. The van der Waals surface area contributed by atoms with Gasteiger partial charge in [0.2, 0.25) is 0 Å². The molecule has 2 aliphatic rings. The van der Waals surface area contributed by atoms with Gasteiger partial charge in [0.1, 0.15) is 5.82 Å². The maximum Gasteiger partial charge on any atom is 0.320 e. The average Bonchev–Trinajstić information content (AvgIpc) is 3.09. The van der Waals surface area contributed by atoms with E-state index in [0.29, 0.717) is 11.9 Å². The molecule has 1 unspecified atom stereocenters. The minimum absolute atomic E-state index is 0.0810. The van der Waals surface area contributed by atoms with Gasteiger partial charge in [0, 0.05) is 11.5 Å². The molecule has 1 atom stereocenters. The van der Waals surface area contributed by atoms with E-state index in [1.54, 1.807) is 12.3 Å². The normalized spacial score (nSPS) is 24.3. The van der Waals surface area contributed by atoms with E-state index in [9.17, 15) is 13.2 Å². The van der Waals surface area contributed by atoms with Crippen LogP contribution in [0.5, 0.6) is 0 Å². The highest BCUT2D eigenvalue weighted by Crippen LogP contribution is 2.31. The van der Waals surface area contributed by atoms with Crippen LogP contribution in [0.4, 0.5) is 10.6 Å². The Morgan fingerprint density at radius 2 is 2.10 bits per heavy atom. The predicted octanol–water partition coefficient (Wildman–Crippen LogP) is 1.43. The van der Waals surface area contributed by atoms with E-state index < -0.39 is 21.9 Å². The van der Waals surface area contributed by atoms with Crippen LogP contribution in [0.2, 0.25) is 0 Å². The molecular weight excluding hydrogens is 292 g/mol. The van der Waals surface area contributed by atoms with Crippen LogP contribution in [0.1, 0.15) is 31.7 Å². The van der Waals surface area contributed by atoms with Crippen molar-refractivity contribution in [3.63, 3.8) is 0 Å². The summed E-state index contributed by atoms with van der Waals surface area (Å²) in [7, 11) is -3.16. The van der Waals surface area contributed by atoms with Crippen LogP contribution in [0.15, 0.2) is 23.7 Å². The van der Waals surface area contributed by atoms with Crippen molar-refractivity contribution >= 4 is 21.7 Å². The Balaban J connectivity index is 1.61. The number of nitrogens with one attached hydrogen (secondary N) is 2. The Labute approximate surface area is 123 Å². The van der Waals surface area contributed by atoms with E-state index in [0.717, 1.165) is 18.2 Å². The molecule has 1 saturated carbocycles. The van der Waals surface area contributed by atoms with E-state index in [4.69, 9.17) is 0 Å². The lowest BCUT2D eigenvalue weighted by atomic mass is 10.2. The van der Waals surface area contributed by atoms with Crippen LogP contribution in [0, 0.1) is 0 Å². The van der Waals surface area contributed by atoms with Gasteiger partial charge < -0.3 is 5.32 Å². The molecule has 8 heteroatoms. The molecule has 1 aliphatic heterocycles. The number of carbonyl (C=O) groups is 1. The summed E-state index contributed by atoms with van der Waals surface area (Å²) < 4.78 is 24.4. The maximum atomic E-state index is 12.0. The summed E-state index contributed by atoms with van der Waals surface area (Å²) in [6.07, 6.45) is 7.65. The van der Waals surface area contributed by atoms with Gasteiger partial charge in [-0.05, 0) is 18.9 Å². The minimum Gasteiger partial charge on any atom is -0.331 e. The molecule has 114 valence electrons. The van der Waals surface area contributed by atoms with Crippen molar-refractivity contribution in [2.24, 2.45) is 0 Å². The Hall–Kier alpha value is -1.83. The number of hydrogen-bond acceptors (Lipinski definition) is 4. The summed E-state index contributed by atoms with van der Waals surface area (Å²) in [6.45, 7) is 0. The van der Waals surface area contributed by atoms with E-state index in [1.807, 2.05) is 4.68 Å². The van der Waals surface area contributed by atoms with Crippen LogP contribution < -0.4 is 10.6 Å². The number of carbonyl (C=O) groups excluding carboxylic acids is 1. The van der Waals surface area contributed by atoms with Crippen molar-refractivity contribution in [2.45, 2.75) is 37.8 Å². The smallest absolute Gasteiger partial charge is 0.320 e. The Morgan fingerprint density at radius 3 is 2.76 bits per heavy atom. The van der Waals surface area contributed by atoms with Gasteiger partial charge in [-0.15, -0.1) is 0 Å². The van der Waals surface area contributed by atoms with E-state index in [2.05, 4.69) is 15.7 Å². The monoisotopic (exact) mass is 310 g/mol. The third-order valence-corrected chi connectivity index (χ3v) is 5.22. The first-order valence-corrected chi connectivity index (χ1v) is 8.77. The quantitative estimate of drug-likeness (QED) is 0.883. The van der Waals surface area contributed by atoms with Crippen molar-refractivity contribution in [1.82, 2.24) is 15.1 Å². The lowest BCUT2D eigenvalue weighted by Crippen LogP contribution is -2.39. The number of hydrogen-bond donors (Lipinski definition) is 2. The van der Waals surface area contributed by atoms with Crippen LogP contribution in [-0.2, 0) is 9.84 Å². The first kappa shape index (κ1) is 14.1. The second-order valence-electron chi connectivity index (χ2n) is 5.46. The van der Waals surface area contributed by atoms with Gasteiger partial charge in [0.05, 0.1) is 24.0 Å². The summed E-state index contributed by atoms with van der Waals surface area (Å²) >= 11 is 0. The zero-order valence-corrected chi connectivity index (χ0v) is 12.3. The van der Waals surface area contributed by atoms with Crippen LogP contribution in [0.3, 0.4) is 0 Å². The van der Waals surface area contributed by atoms with Crippen LogP contribution in [0.25, 0.3) is 0 Å². The molecule has 21 heavy (non-hydrogen) atoms. The summed E-state index contributed by atoms with van der Waals surface area (Å²) in [6, 6.07) is 1.19. The highest BCUT2D eigenvalue weighted by Gasteiger charge is 2.24. The molecule has 0 saturated heterocycles. The summed E-state index contributed by atoms with van der Waals surface area (Å²) in [4.78, 5) is 12.0. The largest absolute Gasteiger partial charge is 0.331 e. The second kappa shape index (κ2) is 5.51. The van der Waals surface area contributed by atoms with E-state index in [1.165, 1.54) is 18.9 Å². The number of rotatable bonds is 3. The third kappa shape index (κ3) is 3.26. The molecule has 0 aromatic carbocycles. The predicted molar refractivity (Wildman–Crippen MR) is 78.6 cm³/mol. The highest BCUT2D eigenvalue weighted by molar-refractivity contribution is 7.94. The van der Waals surface area contributed by atoms with Gasteiger partial charge in [0.25, 0.3) is 0 Å². The molecule has 2 heterocycles. The number of anilines is 1. The molecule has 1 aliphatic carbocycles. The number of sulfone groups is 1. The van der Waals surface area contributed by atoms with Gasteiger partial charge in [-0.1, -0.05) is 12.8 Å². The summed E-state index contributed by atoms with van der Waals surface area (Å²) in [5, 5.41) is 10.8. The molecule has 0 spiro atoms. The van der Waals surface area contributed by atoms with Crippen molar-refractivity contribution in [1.29, 1.82) is 0 Å². The van der Waals surface area contributed by atoms with Gasteiger partial charge in [-0.3, -0.25) is 5.32 Å². The molecule has 2 N–H and O–H groups in total. The first-order chi connectivity index (χ1) is 10.0. The molecule has 1 aromatic rings. The second-order valence-corrected chi connectivity index (χ2v) is 7.39. The zero-order chi connectivity index (χ0) is 14.9. The van der Waals surface area contributed by atoms with Gasteiger partial charge in [-0.2, -0.15) is 5.10 Å². The topological polar surface area (TPSA) is 93.1 Å². The Kier molecular flexibility index (Phi) is 3.71. The van der Waals surface area contributed by atoms with E-state index >= 15 is 0 Å². The van der Waals surface area contributed by atoms with Crippen molar-refractivity contribution < 1.29 is 13.2 Å². The van der Waals surface area contributed by atoms with Gasteiger partial charge in [-0.25, -0.2) is 17.9 Å². The molecule has 0 radical (unpaired) electrons. The lowest BCUT2D eigenvalue weighted by molar-refractivity contribution is 0.250. The molecule has 0 bridgehead atoms. The fourth-order valence-electron chi connectivity index (χ4n) is 2.84. The van der Waals surface area contributed by atoms with Crippen LogP contribution >= 0.6 is 0 Å². The Bertz CT molecular complexity index is 659. The third-order valence-electron chi connectivity index (χ3n) is 3.83. The molecular formula is C13H18N4O3S. The zero-order valence-electron chi connectivity index (χ0n) is 11.5. The highest BCUT2D eigenvalue weighted by atomic mass is 32.2. The molecule has 3 rings (SSSR count). The first-order valence-electron chi connectivity index (χ1n) is 7.05. The maximum absolute atomic E-state index is 12.0. The SMILES string of the molecule is O=C(Nc1ccnn1C1CCCC1)NC1C=CS(=O)(=O)C1. The van der Waals surface area contributed by atoms with Crippen molar-refractivity contribution in [3.8, 4) is 0 Å². The Morgan fingerprint density at radius 1 is 1.33 bits per heavy atom. The molecule has 7 nitrogen and oxygen atoms in total. The number of amides is 2. The number of aromatic nitrogens is 2. The summed E-state index contributed by atoms with van der Waals surface area (Å²) in [5.74, 6) is 0.562. The van der Waals surface area contributed by atoms with Gasteiger partial charge >= 0.3 is 6.03 Å². The fraction of sp³-hybridized carbons (Fsp3) is 0.538. The molecule has 2 amide bonds. The van der Waals surface area contributed by atoms with Crippen molar-refractivity contribution in [2.75, 3.05) is 11.1 Å². The number of nitrogens with zero attached hydrogens (tertiary/aromatic N) is 2. The molecule has 1 fully saturated rings. The average molecular weight is 310 g/mol. The minimum atomic E-state index is -3.16. The molecule has 1 aromatic heterocycles. The van der Waals surface area contributed by atoms with Crippen LogP contribution in [-0.4, -0.2) is 36.0 Å². The standard InChI is InChI=1S/C13H18N4O3S/c18-13(15-10-6-8-21(19,20)9-10)16-12-5-7-14-17(12)11-3-1-2-4-11/h5-8,10-11H,1-4,9H2,(H2,15,16,18). The van der Waals surface area contributed by atoms with E-state index in [-0.39, 0.29) is 5.75 Å². The fourth-order valence-corrected chi connectivity index (χ4v) is 4.07.